The smallest absolute Gasteiger partial charge is 0.380 e. The predicted octanol–water partition coefficient (Wildman–Crippen LogP) is -1.95. The molecule has 0 radical (unpaired) electrons. The molecule has 0 saturated carbocycles. The van der Waals surface area contributed by atoms with Crippen molar-refractivity contribution < 1.29 is 29.4 Å². The summed E-state index contributed by atoms with van der Waals surface area (Å²) in [6, 6.07) is 0. The quantitative estimate of drug-likeness (QED) is 0.303. The van der Waals surface area contributed by atoms with Gasteiger partial charge in [-0.3, -0.25) is 9.59 Å². The van der Waals surface area contributed by atoms with Gasteiger partial charge >= 0.3 is 11.8 Å². The van der Waals surface area contributed by atoms with Crippen LogP contribution in [0, 0.1) is 7.43 Å². The molecule has 0 amide bonds. The first-order valence-electron chi connectivity index (χ1n) is 1.99. The van der Waals surface area contributed by atoms with Crippen molar-refractivity contribution in [2.75, 3.05) is 0 Å². The lowest BCUT2D eigenvalue weighted by molar-refractivity contribution is -0.299. The summed E-state index contributed by atoms with van der Waals surface area (Å²) in [6.07, 6.45) is 0. The molecule has 0 aromatic carbocycles. The first-order chi connectivity index (χ1) is 4.46. The van der Waals surface area contributed by atoms with Crippen molar-refractivity contribution in [2.45, 2.75) is 7.43 Å². The monoisotopic (exact) mass is 176 g/mol. The summed E-state index contributed by atoms with van der Waals surface area (Å²) in [5.41, 5.74) is 0. The van der Waals surface area contributed by atoms with E-state index in [1.54, 1.807) is 0 Å². The Morgan fingerprint density at radius 1 is 1.00 bits per heavy atom. The number of hydrogen-bond acceptors (Lipinski definition) is 5. The van der Waals surface area contributed by atoms with E-state index in [0.29, 0.717) is 0 Å². The van der Waals surface area contributed by atoms with Crippen molar-refractivity contribution in [3.8, 4) is 0 Å². The minimum atomic E-state index is -2.31. The molecule has 0 aliphatic rings. The van der Waals surface area contributed by atoms with Gasteiger partial charge in [0.25, 0.3) is 5.78 Å². The van der Waals surface area contributed by atoms with Crippen LogP contribution >= 0.6 is 0 Å². The molecule has 0 aliphatic carbocycles. The number of aliphatic carboxylic acids is 2. The van der Waals surface area contributed by atoms with Gasteiger partial charge in [-0.15, -0.1) is 0 Å². The van der Waals surface area contributed by atoms with Crippen LogP contribution in [0.25, 0.3) is 0 Å². The van der Waals surface area contributed by atoms with Crippen molar-refractivity contribution in [3.63, 3.8) is 0 Å². The molecule has 12 heavy (non-hydrogen) atoms. The molecule has 0 rings (SSSR count). The van der Waals surface area contributed by atoms with Crippen molar-refractivity contribution in [1.29, 1.82) is 0 Å². The molecule has 0 bridgehead atoms. The summed E-state index contributed by atoms with van der Waals surface area (Å²) < 4.78 is 0. The van der Waals surface area contributed by atoms with Crippen molar-refractivity contribution in [1.82, 2.24) is 0 Å². The van der Waals surface area contributed by atoms with E-state index in [1.807, 2.05) is 0 Å². The van der Waals surface area contributed by atoms with Gasteiger partial charge in [-0.25, -0.2) is 4.79 Å². The van der Waals surface area contributed by atoms with Crippen LogP contribution in [0.3, 0.4) is 0 Å². The zero-order chi connectivity index (χ0) is 8.31. The van der Waals surface area contributed by atoms with Crippen molar-refractivity contribution >= 4 is 23.5 Å². The van der Waals surface area contributed by atoms with Gasteiger partial charge in [0.2, 0.25) is 0 Å². The summed E-state index contributed by atoms with van der Waals surface area (Å²) in [7, 11) is 0. The maximum atomic E-state index is 9.91. The van der Waals surface area contributed by atoms with Crippen LogP contribution in [0.2, 0.25) is 0 Å². The Morgan fingerprint density at radius 3 is 1.42 bits per heavy atom. The molecular weight excluding hydrogens is 168 g/mol. The molecule has 0 saturated heterocycles. The summed E-state index contributed by atoms with van der Waals surface area (Å²) in [4.78, 5) is 38.9. The maximum absolute atomic E-state index is 9.91. The number of Topliss-reactive ketones (excluding diaryl/α,β-unsaturated/α-hetero) is 2. The van der Waals surface area contributed by atoms with E-state index in [1.165, 1.54) is 0 Å². The van der Waals surface area contributed by atoms with E-state index in [9.17, 15) is 24.3 Å². The normalized spacial score (nSPS) is 7.00. The zero-order valence-corrected chi connectivity index (χ0v) is 5.49. The molecule has 0 aliphatic heterocycles. The molecule has 0 unspecified atom stereocenters. The lowest BCUT2D eigenvalue weighted by atomic mass is 10.3. The van der Waals surface area contributed by atoms with Crippen molar-refractivity contribution in [2.24, 2.45) is 0 Å². The third-order valence-electron chi connectivity index (χ3n) is 0.586. The summed E-state index contributed by atoms with van der Waals surface area (Å²) in [5, 5.41) is 17.2. The van der Waals surface area contributed by atoms with Crippen LogP contribution in [-0.2, 0) is 19.2 Å². The second kappa shape index (κ2) is 5.90. The van der Waals surface area contributed by atoms with Gasteiger partial charge in [0, 0.05) is 7.43 Å². The molecule has 0 spiro atoms. The summed E-state index contributed by atoms with van der Waals surface area (Å²) >= 11 is 0. The second-order valence-electron chi connectivity index (χ2n) is 1.25. The van der Waals surface area contributed by atoms with Crippen LogP contribution in [0.1, 0.15) is 7.43 Å². The van der Waals surface area contributed by atoms with Crippen LogP contribution in [0.4, 0.5) is 0 Å². The highest BCUT2D eigenvalue weighted by molar-refractivity contribution is 6.75. The van der Waals surface area contributed by atoms with Gasteiger partial charge in [-0.2, -0.15) is 0 Å². The molecule has 0 atom stereocenters. The minimum Gasteiger partial charge on any atom is -0.541 e. The molecule has 0 aromatic heterocycles. The molecule has 0 heterocycles. The van der Waals surface area contributed by atoms with Crippen LogP contribution < -0.4 is 5.11 Å². The molecule has 0 fully saturated rings. The lowest BCUT2D eigenvalue weighted by Crippen LogP contribution is -2.39. The topological polar surface area (TPSA) is 112 Å². The SMILES string of the molecule is C.O=C([O-])C(=O)C(=O)C(=O)O.[CH3+]. The van der Waals surface area contributed by atoms with E-state index in [0.717, 1.165) is 0 Å². The van der Waals surface area contributed by atoms with Gasteiger partial charge in [-0.05, 0) is 0 Å². The molecule has 68 valence electrons. The van der Waals surface area contributed by atoms with Crippen LogP contribution in [-0.4, -0.2) is 28.6 Å². The highest BCUT2D eigenvalue weighted by Crippen LogP contribution is 1.74. The largest absolute Gasteiger partial charge is 0.541 e. The molecular formula is C6H8O6. The fourth-order valence-electron chi connectivity index (χ4n) is 0.190. The van der Waals surface area contributed by atoms with Gasteiger partial charge in [0.1, 0.15) is 5.97 Å². The number of carboxylic acid groups (broad SMARTS) is 2. The Labute approximate surface area is 68.8 Å². The fourth-order valence-corrected chi connectivity index (χ4v) is 0.190. The predicted molar refractivity (Wildman–Crippen MR) is 35.8 cm³/mol. The second-order valence-corrected chi connectivity index (χ2v) is 1.25. The number of carboxylic acids is 2. The number of carbonyl (C=O) groups excluding carboxylic acids is 3. The molecule has 1 N–H and O–H groups in total. The highest BCUT2D eigenvalue weighted by atomic mass is 16.4. The average Bonchev–Trinajstić information content (AvgIpc) is 1.84. The first kappa shape index (κ1) is 16.6. The van der Waals surface area contributed by atoms with Crippen LogP contribution in [0.5, 0.6) is 0 Å². The van der Waals surface area contributed by atoms with Crippen molar-refractivity contribution in [3.05, 3.63) is 7.43 Å². The Bertz CT molecular complexity index is 192. The number of rotatable bonds is 3. The number of ketones is 2. The lowest BCUT2D eigenvalue weighted by Gasteiger charge is -1.93. The molecule has 0 aromatic rings. The van der Waals surface area contributed by atoms with Gasteiger partial charge < -0.3 is 15.0 Å². The fraction of sp³-hybridized carbons (Fsp3) is 0.167. The van der Waals surface area contributed by atoms with E-state index < -0.39 is 23.5 Å². The molecule has 6 nitrogen and oxygen atoms in total. The van der Waals surface area contributed by atoms with Gasteiger partial charge in [0.15, 0.2) is 0 Å². The standard InChI is InChI=1S/C4H2O6.CH4.CH3/c5-1(3(7)8)2(6)4(9)10;;/h(H,7,8)(H,9,10);1H4;1H3/q;;+1/p-1. The maximum Gasteiger partial charge on any atom is 0.380 e. The third-order valence-corrected chi connectivity index (χ3v) is 0.586. The summed E-state index contributed by atoms with van der Waals surface area (Å²) in [5.74, 6) is -8.46. The number of hydrogen-bond donors (Lipinski definition) is 1. The van der Waals surface area contributed by atoms with E-state index in [2.05, 4.69) is 0 Å². The Morgan fingerprint density at radius 2 is 1.33 bits per heavy atom. The molecule has 6 heteroatoms. The van der Waals surface area contributed by atoms with E-state index in [-0.39, 0.29) is 14.9 Å². The number of carbonyl (C=O) groups is 4. The van der Waals surface area contributed by atoms with Gasteiger partial charge in [0.05, 0.1) is 0 Å². The third kappa shape index (κ3) is 4.04. The Balaban J connectivity index is -0.000000405. The average molecular weight is 176 g/mol. The highest BCUT2D eigenvalue weighted by Gasteiger charge is 2.21. The minimum absolute atomic E-state index is 0. The van der Waals surface area contributed by atoms with E-state index in [4.69, 9.17) is 5.11 Å². The van der Waals surface area contributed by atoms with Gasteiger partial charge in [-0.1, -0.05) is 7.43 Å². The Kier molecular flexibility index (Phi) is 8.17. The first-order valence-corrected chi connectivity index (χ1v) is 1.99. The van der Waals surface area contributed by atoms with Crippen LogP contribution in [0.15, 0.2) is 0 Å². The van der Waals surface area contributed by atoms with E-state index >= 15 is 0 Å². The summed E-state index contributed by atoms with van der Waals surface area (Å²) in [6.45, 7) is 0. The Hall–Kier alpha value is -1.85. The zero-order valence-electron chi connectivity index (χ0n) is 5.49.